The summed E-state index contributed by atoms with van der Waals surface area (Å²) in [7, 11) is 0. The van der Waals surface area contributed by atoms with Crippen molar-refractivity contribution in [3.63, 3.8) is 0 Å². The number of aromatic nitrogens is 3. The van der Waals surface area contributed by atoms with Gasteiger partial charge < -0.3 is 5.11 Å². The van der Waals surface area contributed by atoms with E-state index in [-0.39, 0.29) is 12.3 Å². The fourth-order valence-corrected chi connectivity index (χ4v) is 1.59. The molecule has 0 aliphatic carbocycles. The molecule has 16 heavy (non-hydrogen) atoms. The molecule has 0 spiro atoms. The molecular weight excluding hydrogens is 230 g/mol. The largest absolute Gasteiger partial charge is 0.396 e. The molecule has 2 aromatic rings. The molecule has 5 nitrogen and oxygen atoms in total. The van der Waals surface area contributed by atoms with Gasteiger partial charge in [-0.1, -0.05) is 23.7 Å². The second-order valence-electron chi connectivity index (χ2n) is 3.21. The van der Waals surface area contributed by atoms with Crippen molar-refractivity contribution in [3.05, 3.63) is 45.6 Å². The van der Waals surface area contributed by atoms with Gasteiger partial charge in [0.25, 0.3) is 0 Å². The van der Waals surface area contributed by atoms with Gasteiger partial charge in [-0.15, -0.1) is 5.10 Å². The first-order valence-electron chi connectivity index (χ1n) is 4.76. The smallest absolute Gasteiger partial charge is 0.348 e. The van der Waals surface area contributed by atoms with Gasteiger partial charge in [0.1, 0.15) is 5.82 Å². The third kappa shape index (κ3) is 2.00. The molecule has 0 amide bonds. The molecule has 0 radical (unpaired) electrons. The van der Waals surface area contributed by atoms with Crippen LogP contribution in [0.2, 0.25) is 5.02 Å². The average Bonchev–Trinajstić information content (AvgIpc) is 2.61. The standard InChI is InChI=1S/C10H10ClN3O2/c11-7-3-1-2-4-8(7)14-10(16)12-9(13-14)5-6-15/h1-4,15H,5-6H2,(H,12,13,16). The highest BCUT2D eigenvalue weighted by atomic mass is 35.5. The zero-order valence-corrected chi connectivity index (χ0v) is 9.11. The van der Waals surface area contributed by atoms with Crippen LogP contribution in [0.15, 0.2) is 29.1 Å². The predicted molar refractivity (Wildman–Crippen MR) is 60.0 cm³/mol. The van der Waals surface area contributed by atoms with Crippen LogP contribution in [0, 0.1) is 0 Å². The molecule has 0 unspecified atom stereocenters. The van der Waals surface area contributed by atoms with E-state index < -0.39 is 0 Å². The summed E-state index contributed by atoms with van der Waals surface area (Å²) in [6, 6.07) is 6.93. The van der Waals surface area contributed by atoms with Crippen molar-refractivity contribution >= 4 is 11.6 Å². The van der Waals surface area contributed by atoms with Crippen LogP contribution in [0.4, 0.5) is 0 Å². The number of para-hydroxylation sites is 1. The van der Waals surface area contributed by atoms with Crippen molar-refractivity contribution < 1.29 is 5.11 Å². The maximum absolute atomic E-state index is 11.6. The molecule has 2 rings (SSSR count). The van der Waals surface area contributed by atoms with E-state index in [4.69, 9.17) is 16.7 Å². The van der Waals surface area contributed by atoms with Crippen LogP contribution >= 0.6 is 11.6 Å². The Morgan fingerprint density at radius 1 is 1.44 bits per heavy atom. The van der Waals surface area contributed by atoms with Gasteiger partial charge in [0.15, 0.2) is 0 Å². The number of aliphatic hydroxyl groups excluding tert-OH is 1. The SMILES string of the molecule is O=c1[nH]c(CCO)nn1-c1ccccc1Cl. The highest BCUT2D eigenvalue weighted by molar-refractivity contribution is 6.32. The molecule has 0 aliphatic rings. The third-order valence-corrected chi connectivity index (χ3v) is 2.41. The predicted octanol–water partition coefficient (Wildman–Crippen LogP) is 0.749. The first kappa shape index (κ1) is 10.9. The Bertz CT molecular complexity index is 547. The van der Waals surface area contributed by atoms with E-state index in [0.29, 0.717) is 23.0 Å². The summed E-state index contributed by atoms with van der Waals surface area (Å²) < 4.78 is 1.19. The van der Waals surface area contributed by atoms with Gasteiger partial charge in [0.05, 0.1) is 17.3 Å². The summed E-state index contributed by atoms with van der Waals surface area (Å²) in [6.07, 6.45) is 0.312. The van der Waals surface area contributed by atoms with Gasteiger partial charge in [-0.2, -0.15) is 4.68 Å². The minimum absolute atomic E-state index is 0.0600. The zero-order valence-electron chi connectivity index (χ0n) is 8.35. The minimum Gasteiger partial charge on any atom is -0.396 e. The van der Waals surface area contributed by atoms with Crippen LogP contribution in [-0.4, -0.2) is 26.5 Å². The number of halogens is 1. The lowest BCUT2D eigenvalue weighted by molar-refractivity contribution is 0.296. The van der Waals surface area contributed by atoms with Crippen molar-refractivity contribution in [3.8, 4) is 5.69 Å². The van der Waals surface area contributed by atoms with Crippen molar-refractivity contribution in [1.29, 1.82) is 0 Å². The molecule has 0 atom stereocenters. The molecule has 0 saturated carbocycles. The fraction of sp³-hybridized carbons (Fsp3) is 0.200. The summed E-state index contributed by atoms with van der Waals surface area (Å²) >= 11 is 5.95. The maximum Gasteiger partial charge on any atom is 0.348 e. The Kier molecular flexibility index (Phi) is 3.07. The quantitative estimate of drug-likeness (QED) is 0.830. The summed E-state index contributed by atoms with van der Waals surface area (Å²) in [5.74, 6) is 0.437. The average molecular weight is 240 g/mol. The van der Waals surface area contributed by atoms with E-state index in [2.05, 4.69) is 10.1 Å². The van der Waals surface area contributed by atoms with Crippen LogP contribution < -0.4 is 5.69 Å². The number of H-pyrrole nitrogens is 1. The second kappa shape index (κ2) is 4.51. The number of benzene rings is 1. The van der Waals surface area contributed by atoms with E-state index in [9.17, 15) is 4.79 Å². The first-order chi connectivity index (χ1) is 7.72. The molecular formula is C10H10ClN3O2. The molecule has 6 heteroatoms. The molecule has 1 aromatic heterocycles. The maximum atomic E-state index is 11.6. The summed E-state index contributed by atoms with van der Waals surface area (Å²) in [5, 5.41) is 13.2. The lowest BCUT2D eigenvalue weighted by atomic mass is 10.3. The highest BCUT2D eigenvalue weighted by Crippen LogP contribution is 2.17. The Morgan fingerprint density at radius 3 is 2.88 bits per heavy atom. The molecule has 2 N–H and O–H groups in total. The third-order valence-electron chi connectivity index (χ3n) is 2.09. The van der Waals surface area contributed by atoms with Crippen LogP contribution in [-0.2, 0) is 6.42 Å². The first-order valence-corrected chi connectivity index (χ1v) is 5.14. The van der Waals surface area contributed by atoms with Crippen LogP contribution in [0.25, 0.3) is 5.69 Å². The topological polar surface area (TPSA) is 70.9 Å². The van der Waals surface area contributed by atoms with Gasteiger partial charge in [0.2, 0.25) is 0 Å². The van der Waals surface area contributed by atoms with Crippen LogP contribution in [0.1, 0.15) is 5.82 Å². The number of rotatable bonds is 3. The lowest BCUT2D eigenvalue weighted by Gasteiger charge is -2.00. The van der Waals surface area contributed by atoms with Gasteiger partial charge in [0, 0.05) is 6.42 Å². The summed E-state index contributed by atoms with van der Waals surface area (Å²) in [4.78, 5) is 14.1. The van der Waals surface area contributed by atoms with Crippen LogP contribution in [0.5, 0.6) is 0 Å². The molecule has 0 aliphatic heterocycles. The Balaban J connectivity index is 2.48. The number of aromatic amines is 1. The second-order valence-corrected chi connectivity index (χ2v) is 3.62. The molecule has 0 fully saturated rings. The van der Waals surface area contributed by atoms with E-state index >= 15 is 0 Å². The monoisotopic (exact) mass is 239 g/mol. The van der Waals surface area contributed by atoms with Crippen LogP contribution in [0.3, 0.4) is 0 Å². The summed E-state index contributed by atoms with van der Waals surface area (Å²) in [5.41, 5.74) is 0.158. The number of aliphatic hydroxyl groups is 1. The van der Waals surface area contributed by atoms with Crippen molar-refractivity contribution in [1.82, 2.24) is 14.8 Å². The van der Waals surface area contributed by atoms with Gasteiger partial charge in [-0.3, -0.25) is 4.98 Å². The summed E-state index contributed by atoms with van der Waals surface area (Å²) in [6.45, 7) is -0.0600. The van der Waals surface area contributed by atoms with Crippen molar-refractivity contribution in [2.24, 2.45) is 0 Å². The van der Waals surface area contributed by atoms with Crippen molar-refractivity contribution in [2.75, 3.05) is 6.61 Å². The van der Waals surface area contributed by atoms with E-state index in [1.54, 1.807) is 24.3 Å². The van der Waals surface area contributed by atoms with Crippen molar-refractivity contribution in [2.45, 2.75) is 6.42 Å². The minimum atomic E-state index is -0.364. The normalized spacial score (nSPS) is 10.6. The molecule has 1 heterocycles. The van der Waals surface area contributed by atoms with E-state index in [1.165, 1.54) is 4.68 Å². The van der Waals surface area contributed by atoms with Gasteiger partial charge >= 0.3 is 5.69 Å². The molecule has 0 bridgehead atoms. The molecule has 1 aromatic carbocycles. The number of hydrogen-bond acceptors (Lipinski definition) is 3. The highest BCUT2D eigenvalue weighted by Gasteiger charge is 2.08. The Labute approximate surface area is 96.3 Å². The molecule has 0 saturated heterocycles. The van der Waals surface area contributed by atoms with E-state index in [0.717, 1.165) is 0 Å². The Morgan fingerprint density at radius 2 is 2.19 bits per heavy atom. The zero-order chi connectivity index (χ0) is 11.5. The lowest BCUT2D eigenvalue weighted by Crippen LogP contribution is -2.16. The van der Waals surface area contributed by atoms with E-state index in [1.807, 2.05) is 0 Å². The number of nitrogens with zero attached hydrogens (tertiary/aromatic N) is 2. The van der Waals surface area contributed by atoms with Gasteiger partial charge in [-0.05, 0) is 12.1 Å². The fourth-order valence-electron chi connectivity index (χ4n) is 1.37. The number of hydrogen-bond donors (Lipinski definition) is 2. The number of nitrogens with one attached hydrogen (secondary N) is 1. The Hall–Kier alpha value is -1.59. The van der Waals surface area contributed by atoms with Gasteiger partial charge in [-0.25, -0.2) is 4.79 Å². The molecule has 84 valence electrons.